The van der Waals surface area contributed by atoms with E-state index in [4.69, 9.17) is 14.9 Å². The number of ether oxygens (including phenoxy) is 1. The number of benzene rings is 2. The van der Waals surface area contributed by atoms with Gasteiger partial charge in [-0.15, -0.1) is 0 Å². The predicted molar refractivity (Wildman–Crippen MR) is 114 cm³/mol. The number of hydrogen-bond donors (Lipinski definition) is 1. The standard InChI is InChI=1S/C22H24BrNO3/c1-2-3-5-21-22(19-12-16(24)7-9-20(19)27-21)18-13-17(26-11-4-10-23)8-6-15(18)14-25/h6-9,12-14H,2-5,10-11,24H2,1H3. The number of aryl methyl sites for hydroxylation is 1. The van der Waals surface area contributed by atoms with E-state index in [-0.39, 0.29) is 0 Å². The van der Waals surface area contributed by atoms with Crippen molar-refractivity contribution < 1.29 is 13.9 Å². The maximum atomic E-state index is 11.7. The Hall–Kier alpha value is -2.27. The van der Waals surface area contributed by atoms with E-state index >= 15 is 0 Å². The highest BCUT2D eigenvalue weighted by molar-refractivity contribution is 9.09. The van der Waals surface area contributed by atoms with Crippen LogP contribution in [0.25, 0.3) is 22.1 Å². The number of anilines is 1. The average molecular weight is 430 g/mol. The topological polar surface area (TPSA) is 65.5 Å². The molecule has 0 aliphatic heterocycles. The van der Waals surface area contributed by atoms with E-state index in [1.165, 1.54) is 0 Å². The van der Waals surface area contributed by atoms with Gasteiger partial charge >= 0.3 is 0 Å². The van der Waals surface area contributed by atoms with Crippen molar-refractivity contribution in [3.05, 3.63) is 47.7 Å². The quantitative estimate of drug-likeness (QED) is 0.196. The summed E-state index contributed by atoms with van der Waals surface area (Å²) in [6, 6.07) is 11.2. The lowest BCUT2D eigenvalue weighted by Crippen LogP contribution is -1.99. The number of nitrogen functional groups attached to an aromatic ring is 1. The molecular weight excluding hydrogens is 406 g/mol. The number of carbonyl (C=O) groups is 1. The molecule has 27 heavy (non-hydrogen) atoms. The molecule has 0 amide bonds. The minimum atomic E-state index is 0.616. The molecule has 0 atom stereocenters. The number of rotatable bonds is 9. The number of carbonyl (C=O) groups excluding carboxylic acids is 1. The molecule has 0 fully saturated rings. The Kier molecular flexibility index (Phi) is 6.56. The highest BCUT2D eigenvalue weighted by Gasteiger charge is 2.19. The summed E-state index contributed by atoms with van der Waals surface area (Å²) in [5, 5.41) is 1.82. The second kappa shape index (κ2) is 9.09. The average Bonchev–Trinajstić information content (AvgIpc) is 3.03. The summed E-state index contributed by atoms with van der Waals surface area (Å²) < 4.78 is 12.0. The molecule has 4 nitrogen and oxygen atoms in total. The molecule has 0 saturated heterocycles. The van der Waals surface area contributed by atoms with Gasteiger partial charge in [-0.3, -0.25) is 4.79 Å². The van der Waals surface area contributed by atoms with Gasteiger partial charge in [-0.05, 0) is 54.8 Å². The highest BCUT2D eigenvalue weighted by Crippen LogP contribution is 2.39. The summed E-state index contributed by atoms with van der Waals surface area (Å²) in [5.74, 6) is 1.63. The second-order valence-electron chi connectivity index (χ2n) is 6.52. The van der Waals surface area contributed by atoms with Crippen LogP contribution in [0.1, 0.15) is 42.3 Å². The van der Waals surface area contributed by atoms with Crippen LogP contribution in [-0.4, -0.2) is 18.2 Å². The van der Waals surface area contributed by atoms with Crippen LogP contribution < -0.4 is 10.5 Å². The Labute approximate surface area is 167 Å². The summed E-state index contributed by atoms with van der Waals surface area (Å²) in [5.41, 5.74) is 9.87. The van der Waals surface area contributed by atoms with Crippen LogP contribution >= 0.6 is 15.9 Å². The van der Waals surface area contributed by atoms with E-state index in [1.54, 1.807) is 6.07 Å². The van der Waals surface area contributed by atoms with Crippen LogP contribution in [0.15, 0.2) is 40.8 Å². The van der Waals surface area contributed by atoms with Crippen molar-refractivity contribution in [1.29, 1.82) is 0 Å². The van der Waals surface area contributed by atoms with E-state index in [0.29, 0.717) is 17.9 Å². The summed E-state index contributed by atoms with van der Waals surface area (Å²) in [4.78, 5) is 11.7. The zero-order valence-electron chi connectivity index (χ0n) is 15.5. The molecule has 1 aromatic heterocycles. The zero-order chi connectivity index (χ0) is 19.2. The van der Waals surface area contributed by atoms with Crippen LogP contribution in [0.4, 0.5) is 5.69 Å². The summed E-state index contributed by atoms with van der Waals surface area (Å²) in [6.45, 7) is 2.77. The summed E-state index contributed by atoms with van der Waals surface area (Å²) in [6.07, 6.45) is 4.69. The minimum Gasteiger partial charge on any atom is -0.494 e. The molecule has 142 valence electrons. The Balaban J connectivity index is 2.15. The smallest absolute Gasteiger partial charge is 0.150 e. The predicted octanol–water partition coefficient (Wildman–Crippen LogP) is 6.00. The van der Waals surface area contributed by atoms with E-state index in [9.17, 15) is 4.79 Å². The first kappa shape index (κ1) is 19.5. The molecule has 0 bridgehead atoms. The summed E-state index contributed by atoms with van der Waals surface area (Å²) >= 11 is 3.41. The van der Waals surface area contributed by atoms with Gasteiger partial charge in [0.2, 0.25) is 0 Å². The molecule has 1 heterocycles. The van der Waals surface area contributed by atoms with Gasteiger partial charge in [-0.25, -0.2) is 0 Å². The SMILES string of the molecule is CCCCc1oc2ccc(N)cc2c1-c1cc(OCCCBr)ccc1C=O. The number of fused-ring (bicyclic) bond motifs is 1. The van der Waals surface area contributed by atoms with E-state index in [1.807, 2.05) is 30.3 Å². The number of furan rings is 1. The number of alkyl halides is 1. The number of halogens is 1. The van der Waals surface area contributed by atoms with Gasteiger partial charge in [0.1, 0.15) is 17.1 Å². The third kappa shape index (κ3) is 4.35. The van der Waals surface area contributed by atoms with Crippen molar-refractivity contribution in [2.24, 2.45) is 0 Å². The van der Waals surface area contributed by atoms with Crippen molar-refractivity contribution in [2.75, 3.05) is 17.7 Å². The van der Waals surface area contributed by atoms with Crippen molar-refractivity contribution in [1.82, 2.24) is 0 Å². The molecule has 0 saturated carbocycles. The third-order valence-corrected chi connectivity index (χ3v) is 5.07. The lowest BCUT2D eigenvalue weighted by Gasteiger charge is -2.11. The van der Waals surface area contributed by atoms with Crippen LogP contribution in [0.3, 0.4) is 0 Å². The van der Waals surface area contributed by atoms with Crippen molar-refractivity contribution in [3.8, 4) is 16.9 Å². The Morgan fingerprint density at radius 2 is 2.04 bits per heavy atom. The largest absolute Gasteiger partial charge is 0.494 e. The first-order valence-electron chi connectivity index (χ1n) is 9.27. The number of nitrogens with two attached hydrogens (primary N) is 1. The van der Waals surface area contributed by atoms with Crippen molar-refractivity contribution in [2.45, 2.75) is 32.6 Å². The molecule has 5 heteroatoms. The normalized spacial score (nSPS) is 11.0. The maximum absolute atomic E-state index is 11.7. The fourth-order valence-corrected chi connectivity index (χ4v) is 3.39. The molecule has 0 radical (unpaired) electrons. The first-order chi connectivity index (χ1) is 13.2. The second-order valence-corrected chi connectivity index (χ2v) is 7.31. The molecule has 0 unspecified atom stereocenters. The van der Waals surface area contributed by atoms with Gasteiger partial charge < -0.3 is 14.9 Å². The molecular formula is C22H24BrNO3. The lowest BCUT2D eigenvalue weighted by molar-refractivity contribution is 0.112. The number of unbranched alkanes of at least 4 members (excludes halogenated alkanes) is 1. The van der Waals surface area contributed by atoms with Gasteiger partial charge in [0.05, 0.1) is 6.61 Å². The Bertz CT molecular complexity index is 933. The number of aldehydes is 1. The maximum Gasteiger partial charge on any atom is 0.150 e. The minimum absolute atomic E-state index is 0.616. The van der Waals surface area contributed by atoms with Gasteiger partial charge in [-0.1, -0.05) is 29.3 Å². The van der Waals surface area contributed by atoms with E-state index in [2.05, 4.69) is 22.9 Å². The molecule has 2 N–H and O–H groups in total. The van der Waals surface area contributed by atoms with E-state index < -0.39 is 0 Å². The Morgan fingerprint density at radius 1 is 1.19 bits per heavy atom. The summed E-state index contributed by atoms with van der Waals surface area (Å²) in [7, 11) is 0. The zero-order valence-corrected chi connectivity index (χ0v) is 17.1. The first-order valence-corrected chi connectivity index (χ1v) is 10.4. The molecule has 3 rings (SSSR count). The molecule has 0 aliphatic rings. The molecule has 0 spiro atoms. The fraction of sp³-hybridized carbons (Fsp3) is 0.318. The fourth-order valence-electron chi connectivity index (χ4n) is 3.16. The van der Waals surface area contributed by atoms with Crippen LogP contribution in [0.5, 0.6) is 5.75 Å². The van der Waals surface area contributed by atoms with Gasteiger partial charge in [-0.2, -0.15) is 0 Å². The van der Waals surface area contributed by atoms with Crippen molar-refractivity contribution >= 4 is 38.9 Å². The monoisotopic (exact) mass is 429 g/mol. The van der Waals surface area contributed by atoms with Crippen LogP contribution in [-0.2, 0) is 6.42 Å². The van der Waals surface area contributed by atoms with Crippen LogP contribution in [0.2, 0.25) is 0 Å². The van der Waals surface area contributed by atoms with E-state index in [0.717, 1.165) is 70.9 Å². The molecule has 0 aliphatic carbocycles. The molecule has 3 aromatic rings. The number of hydrogen-bond acceptors (Lipinski definition) is 4. The third-order valence-electron chi connectivity index (χ3n) is 4.51. The molecule has 2 aromatic carbocycles. The van der Waals surface area contributed by atoms with Crippen LogP contribution in [0, 0.1) is 0 Å². The van der Waals surface area contributed by atoms with Gasteiger partial charge in [0.15, 0.2) is 6.29 Å². The lowest BCUT2D eigenvalue weighted by atomic mass is 9.95. The van der Waals surface area contributed by atoms with Crippen molar-refractivity contribution in [3.63, 3.8) is 0 Å². The highest BCUT2D eigenvalue weighted by atomic mass is 79.9. The Morgan fingerprint density at radius 3 is 2.78 bits per heavy atom. The van der Waals surface area contributed by atoms with Gasteiger partial charge in [0, 0.05) is 34.0 Å². The van der Waals surface area contributed by atoms with Gasteiger partial charge in [0.25, 0.3) is 0 Å².